The molecule has 0 saturated carbocycles. The normalized spacial score (nSPS) is 12.2. The van der Waals surface area contributed by atoms with Gasteiger partial charge in [0.2, 0.25) is 0 Å². The van der Waals surface area contributed by atoms with Crippen LogP contribution in [-0.4, -0.2) is 48.2 Å². The van der Waals surface area contributed by atoms with Crippen LogP contribution in [0.15, 0.2) is 0 Å². The summed E-state index contributed by atoms with van der Waals surface area (Å²) in [5.41, 5.74) is -1.33. The van der Waals surface area contributed by atoms with Crippen LogP contribution in [0.2, 0.25) is 0 Å². The molecule has 0 saturated heterocycles. The van der Waals surface area contributed by atoms with Gasteiger partial charge < -0.3 is 9.47 Å². The predicted octanol–water partition coefficient (Wildman–Crippen LogP) is 1.85. The first-order chi connectivity index (χ1) is 9.35. The van der Waals surface area contributed by atoms with E-state index in [0.717, 1.165) is 0 Å². The monoisotopic (exact) mass is 297 g/mol. The van der Waals surface area contributed by atoms with Gasteiger partial charge in [0.25, 0.3) is 0 Å². The number of ether oxygens (including phenoxy) is 2. The Morgan fingerprint density at radius 2 is 1.43 bits per heavy atom. The topological polar surface area (TPSA) is 55.8 Å². The fraction of sp³-hybridized carbons (Fsp3) is 0.750. The molecule has 0 aromatic heterocycles. The van der Waals surface area contributed by atoms with Crippen molar-refractivity contribution in [3.63, 3.8) is 0 Å². The van der Waals surface area contributed by atoms with Gasteiger partial charge in [0.1, 0.15) is 11.2 Å². The fourth-order valence-electron chi connectivity index (χ4n) is 1.52. The molecule has 0 aliphatic rings. The van der Waals surface area contributed by atoms with Gasteiger partial charge in [-0.3, -0.25) is 14.5 Å². The van der Waals surface area contributed by atoms with Crippen LogP contribution in [0.5, 0.6) is 0 Å². The summed E-state index contributed by atoms with van der Waals surface area (Å²) in [7, 11) is 1.74. The molecule has 0 spiro atoms. The molecule has 0 rings (SSSR count). The Labute approximate surface area is 128 Å². The van der Waals surface area contributed by atoms with Crippen LogP contribution in [-0.2, 0) is 19.1 Å². The summed E-state index contributed by atoms with van der Waals surface area (Å²) in [5.74, 6) is 0.263. The van der Waals surface area contributed by atoms with Gasteiger partial charge in [0.05, 0.1) is 6.54 Å². The minimum atomic E-state index is -1.01. The number of hydrogen-bond acceptors (Lipinski definition) is 5. The SMILES string of the molecule is C#CCN(C)CC(C(=O)OC(C)(C)C)C(=O)OC(C)(C)C. The predicted molar refractivity (Wildman–Crippen MR) is 81.5 cm³/mol. The van der Waals surface area contributed by atoms with Gasteiger partial charge in [-0.05, 0) is 48.6 Å². The third kappa shape index (κ3) is 9.09. The smallest absolute Gasteiger partial charge is 0.322 e. The summed E-state index contributed by atoms with van der Waals surface area (Å²) < 4.78 is 10.6. The fourth-order valence-corrected chi connectivity index (χ4v) is 1.52. The molecular formula is C16H27NO4. The van der Waals surface area contributed by atoms with Crippen molar-refractivity contribution in [2.45, 2.75) is 52.7 Å². The van der Waals surface area contributed by atoms with Crippen LogP contribution in [0.1, 0.15) is 41.5 Å². The highest BCUT2D eigenvalue weighted by Gasteiger charge is 2.35. The summed E-state index contributed by atoms with van der Waals surface area (Å²) in [6, 6.07) is 0. The standard InChI is InChI=1S/C16H27NO4/c1-9-10-17(8)11-12(13(18)20-15(2,3)4)14(19)21-16(5,6)7/h1,12H,10-11H2,2-8H3. The Morgan fingerprint density at radius 3 is 1.71 bits per heavy atom. The summed E-state index contributed by atoms with van der Waals surface area (Å²) in [5, 5.41) is 0. The van der Waals surface area contributed by atoms with Crippen LogP contribution in [0.3, 0.4) is 0 Å². The van der Waals surface area contributed by atoms with Gasteiger partial charge >= 0.3 is 11.9 Å². The summed E-state index contributed by atoms with van der Waals surface area (Å²) in [6.45, 7) is 11.0. The lowest BCUT2D eigenvalue weighted by atomic mass is 10.1. The quantitative estimate of drug-likeness (QED) is 0.440. The first-order valence-electron chi connectivity index (χ1n) is 6.93. The number of carbonyl (C=O) groups excluding carboxylic acids is 2. The van der Waals surface area contributed by atoms with Gasteiger partial charge in [-0.15, -0.1) is 6.42 Å². The van der Waals surface area contributed by atoms with E-state index < -0.39 is 29.1 Å². The number of rotatable bonds is 5. The van der Waals surface area contributed by atoms with Crippen molar-refractivity contribution >= 4 is 11.9 Å². The number of carbonyl (C=O) groups is 2. The zero-order valence-electron chi connectivity index (χ0n) is 14.1. The van der Waals surface area contributed by atoms with Crippen molar-refractivity contribution in [3.05, 3.63) is 0 Å². The number of esters is 2. The molecule has 0 aromatic rings. The lowest BCUT2D eigenvalue weighted by molar-refractivity contribution is -0.175. The van der Waals surface area contributed by atoms with E-state index in [1.54, 1.807) is 53.5 Å². The zero-order valence-corrected chi connectivity index (χ0v) is 14.1. The highest BCUT2D eigenvalue weighted by Crippen LogP contribution is 2.17. The van der Waals surface area contributed by atoms with Gasteiger partial charge in [0.15, 0.2) is 5.92 Å². The van der Waals surface area contributed by atoms with Gasteiger partial charge in [-0.1, -0.05) is 5.92 Å². The largest absolute Gasteiger partial charge is 0.459 e. The van der Waals surface area contributed by atoms with E-state index in [0.29, 0.717) is 6.54 Å². The molecule has 0 bridgehead atoms. The number of hydrogen-bond donors (Lipinski definition) is 0. The zero-order chi connectivity index (χ0) is 16.8. The first-order valence-corrected chi connectivity index (χ1v) is 6.93. The van der Waals surface area contributed by atoms with E-state index in [9.17, 15) is 9.59 Å². The van der Waals surface area contributed by atoms with E-state index in [2.05, 4.69) is 5.92 Å². The highest BCUT2D eigenvalue weighted by molar-refractivity contribution is 5.95. The van der Waals surface area contributed by atoms with Crippen molar-refractivity contribution in [3.8, 4) is 12.3 Å². The average molecular weight is 297 g/mol. The first kappa shape index (κ1) is 19.5. The molecule has 0 unspecified atom stereocenters. The number of terminal acetylenes is 1. The number of nitrogens with zero attached hydrogens (tertiary/aromatic N) is 1. The molecular weight excluding hydrogens is 270 g/mol. The lowest BCUT2D eigenvalue weighted by Crippen LogP contribution is -2.42. The Bertz CT molecular complexity index is 381. The van der Waals surface area contributed by atoms with Crippen molar-refractivity contribution in [1.29, 1.82) is 0 Å². The van der Waals surface area contributed by atoms with Crippen LogP contribution >= 0.6 is 0 Å². The van der Waals surface area contributed by atoms with Crippen LogP contribution < -0.4 is 0 Å². The Balaban J connectivity index is 5.05. The van der Waals surface area contributed by atoms with Crippen molar-refractivity contribution in [1.82, 2.24) is 4.90 Å². The van der Waals surface area contributed by atoms with Crippen LogP contribution in [0, 0.1) is 18.3 Å². The van der Waals surface area contributed by atoms with E-state index in [4.69, 9.17) is 15.9 Å². The molecule has 0 heterocycles. The third-order valence-corrected chi connectivity index (χ3v) is 2.24. The summed E-state index contributed by atoms with van der Waals surface area (Å²) >= 11 is 0. The molecule has 21 heavy (non-hydrogen) atoms. The maximum atomic E-state index is 12.2. The van der Waals surface area contributed by atoms with Gasteiger partial charge in [-0.2, -0.15) is 0 Å². The van der Waals surface area contributed by atoms with E-state index in [1.807, 2.05) is 0 Å². The highest BCUT2D eigenvalue weighted by atomic mass is 16.6. The molecule has 0 aromatic carbocycles. The van der Waals surface area contributed by atoms with Gasteiger partial charge in [-0.25, -0.2) is 0 Å². The second-order valence-electron chi connectivity index (χ2n) is 7.02. The molecule has 120 valence electrons. The maximum Gasteiger partial charge on any atom is 0.322 e. The Hall–Kier alpha value is -1.54. The van der Waals surface area contributed by atoms with Crippen molar-refractivity contribution in [2.24, 2.45) is 5.92 Å². The van der Waals surface area contributed by atoms with E-state index in [-0.39, 0.29) is 6.54 Å². The van der Waals surface area contributed by atoms with Gasteiger partial charge in [0, 0.05) is 6.54 Å². The third-order valence-electron chi connectivity index (χ3n) is 2.24. The maximum absolute atomic E-state index is 12.2. The van der Waals surface area contributed by atoms with Crippen LogP contribution in [0.4, 0.5) is 0 Å². The second-order valence-corrected chi connectivity index (χ2v) is 7.02. The molecule has 0 amide bonds. The lowest BCUT2D eigenvalue weighted by Gasteiger charge is -2.28. The molecule has 0 N–H and O–H groups in total. The molecule has 0 radical (unpaired) electrons. The minimum Gasteiger partial charge on any atom is -0.459 e. The van der Waals surface area contributed by atoms with Crippen LogP contribution in [0.25, 0.3) is 0 Å². The molecule has 0 aliphatic carbocycles. The Morgan fingerprint density at radius 1 is 1.05 bits per heavy atom. The van der Waals surface area contributed by atoms with Crippen molar-refractivity contribution in [2.75, 3.05) is 20.1 Å². The molecule has 0 fully saturated rings. The average Bonchev–Trinajstić information content (AvgIpc) is 2.20. The van der Waals surface area contributed by atoms with E-state index in [1.165, 1.54) is 0 Å². The van der Waals surface area contributed by atoms with E-state index >= 15 is 0 Å². The molecule has 5 heteroatoms. The molecule has 5 nitrogen and oxygen atoms in total. The second kappa shape index (κ2) is 7.46. The molecule has 0 atom stereocenters. The summed E-state index contributed by atoms with van der Waals surface area (Å²) in [6.07, 6.45) is 5.24. The molecule has 0 aliphatic heterocycles. The Kier molecular flexibility index (Phi) is 6.92. The summed E-state index contributed by atoms with van der Waals surface area (Å²) in [4.78, 5) is 26.2. The van der Waals surface area contributed by atoms with Crippen molar-refractivity contribution < 1.29 is 19.1 Å². The minimum absolute atomic E-state index is 0.161.